The molecular formula is C14H22Cl2N4O4. The molecule has 8 nitrogen and oxygen atoms in total. The number of carbonyl (C=O) groups is 1. The number of nitro groups is 1. The van der Waals surface area contributed by atoms with Crippen molar-refractivity contribution in [3.8, 4) is 5.75 Å². The van der Waals surface area contributed by atoms with E-state index in [2.05, 4.69) is 10.6 Å². The summed E-state index contributed by atoms with van der Waals surface area (Å²) in [5.41, 5.74) is -0.00186. The number of amides is 1. The first kappa shape index (κ1) is 22.4. The molecular weight excluding hydrogens is 359 g/mol. The molecule has 0 aromatic heterocycles. The van der Waals surface area contributed by atoms with Gasteiger partial charge in [0.25, 0.3) is 5.69 Å². The Bertz CT molecular complexity index is 568. The van der Waals surface area contributed by atoms with Crippen molar-refractivity contribution in [3.05, 3.63) is 28.3 Å². The Hall–Kier alpha value is -1.61. The van der Waals surface area contributed by atoms with Gasteiger partial charge in [-0.25, -0.2) is 0 Å². The highest BCUT2D eigenvalue weighted by Crippen LogP contribution is 2.29. The lowest BCUT2D eigenvalue weighted by molar-refractivity contribution is -0.384. The van der Waals surface area contributed by atoms with Crippen LogP contribution in [-0.2, 0) is 4.79 Å². The van der Waals surface area contributed by atoms with E-state index in [1.165, 1.54) is 19.2 Å². The third-order valence-corrected chi connectivity index (χ3v) is 3.74. The molecule has 1 fully saturated rings. The van der Waals surface area contributed by atoms with Crippen molar-refractivity contribution in [3.63, 3.8) is 0 Å². The van der Waals surface area contributed by atoms with Gasteiger partial charge in [0, 0.05) is 26.2 Å². The van der Waals surface area contributed by atoms with Gasteiger partial charge in [0.1, 0.15) is 11.4 Å². The van der Waals surface area contributed by atoms with Crippen molar-refractivity contribution in [1.82, 2.24) is 10.2 Å². The highest BCUT2D eigenvalue weighted by Gasteiger charge is 2.25. The second kappa shape index (κ2) is 10.3. The van der Waals surface area contributed by atoms with Crippen molar-refractivity contribution in [2.75, 3.05) is 38.6 Å². The summed E-state index contributed by atoms with van der Waals surface area (Å²) in [4.78, 5) is 24.9. The molecule has 24 heavy (non-hydrogen) atoms. The zero-order valence-corrected chi connectivity index (χ0v) is 15.1. The van der Waals surface area contributed by atoms with Crippen molar-refractivity contribution in [2.45, 2.75) is 13.0 Å². The van der Waals surface area contributed by atoms with Crippen LogP contribution in [0.25, 0.3) is 0 Å². The molecule has 1 atom stereocenters. The maximum absolute atomic E-state index is 12.3. The Morgan fingerprint density at radius 3 is 2.54 bits per heavy atom. The highest BCUT2D eigenvalue weighted by atomic mass is 35.5. The second-order valence-electron chi connectivity index (χ2n) is 5.09. The smallest absolute Gasteiger partial charge is 0.296 e. The average Bonchev–Trinajstić information content (AvgIpc) is 2.55. The maximum Gasteiger partial charge on any atom is 0.296 e. The number of benzene rings is 1. The summed E-state index contributed by atoms with van der Waals surface area (Å²) in [6.45, 7) is 5.02. The zero-order valence-electron chi connectivity index (χ0n) is 13.5. The summed E-state index contributed by atoms with van der Waals surface area (Å²) in [7, 11) is 1.43. The first-order chi connectivity index (χ1) is 10.5. The molecule has 1 unspecified atom stereocenters. The number of carbonyl (C=O) groups excluding carboxylic acids is 1. The van der Waals surface area contributed by atoms with Gasteiger partial charge in [-0.15, -0.1) is 24.8 Å². The molecule has 2 rings (SSSR count). The van der Waals surface area contributed by atoms with Crippen LogP contribution >= 0.6 is 24.8 Å². The standard InChI is InChI=1S/C14H20N4O4.2ClH/c1-10(17-7-5-15-6-8-17)14(19)16-12-4-3-11(22-2)9-13(12)18(20)21;;/h3-4,9-10,15H,5-8H2,1-2H3,(H,16,19);2*1H. The lowest BCUT2D eigenvalue weighted by atomic mass is 10.2. The van der Waals surface area contributed by atoms with Crippen LogP contribution in [0.4, 0.5) is 11.4 Å². The molecule has 0 bridgehead atoms. The zero-order chi connectivity index (χ0) is 16.1. The number of piperazine rings is 1. The number of rotatable bonds is 5. The molecule has 2 N–H and O–H groups in total. The fourth-order valence-electron chi connectivity index (χ4n) is 2.37. The number of nitrogens with one attached hydrogen (secondary N) is 2. The van der Waals surface area contributed by atoms with Gasteiger partial charge in [-0.3, -0.25) is 19.8 Å². The quantitative estimate of drug-likeness (QED) is 0.595. The molecule has 1 heterocycles. The van der Waals surface area contributed by atoms with E-state index < -0.39 is 4.92 Å². The monoisotopic (exact) mass is 380 g/mol. The van der Waals surface area contributed by atoms with E-state index in [4.69, 9.17) is 4.74 Å². The SMILES string of the molecule is COc1ccc(NC(=O)C(C)N2CCNCC2)c([N+](=O)[O-])c1.Cl.Cl. The number of nitrogens with zero attached hydrogens (tertiary/aromatic N) is 2. The minimum atomic E-state index is -0.534. The lowest BCUT2D eigenvalue weighted by Crippen LogP contribution is -2.51. The van der Waals surface area contributed by atoms with E-state index in [1.807, 2.05) is 4.90 Å². The second-order valence-corrected chi connectivity index (χ2v) is 5.09. The van der Waals surface area contributed by atoms with E-state index in [-0.39, 0.29) is 48.1 Å². The van der Waals surface area contributed by atoms with E-state index in [9.17, 15) is 14.9 Å². The first-order valence-corrected chi connectivity index (χ1v) is 7.11. The molecule has 136 valence electrons. The summed E-state index contributed by atoms with van der Waals surface area (Å²) in [6, 6.07) is 4.02. The summed E-state index contributed by atoms with van der Waals surface area (Å²) in [6.07, 6.45) is 0. The molecule has 0 aliphatic carbocycles. The van der Waals surface area contributed by atoms with E-state index in [0.717, 1.165) is 26.2 Å². The Morgan fingerprint density at radius 1 is 1.38 bits per heavy atom. The van der Waals surface area contributed by atoms with E-state index >= 15 is 0 Å². The summed E-state index contributed by atoms with van der Waals surface area (Å²) in [5.74, 6) is 0.120. The van der Waals surface area contributed by atoms with Gasteiger partial charge in [-0.1, -0.05) is 0 Å². The minimum absolute atomic E-state index is 0. The number of halogens is 2. The van der Waals surface area contributed by atoms with Crippen LogP contribution in [0, 0.1) is 10.1 Å². The topological polar surface area (TPSA) is 96.7 Å². The Morgan fingerprint density at radius 2 is 2.00 bits per heavy atom. The predicted molar refractivity (Wildman–Crippen MR) is 96.7 cm³/mol. The van der Waals surface area contributed by atoms with Crippen LogP contribution in [0.15, 0.2) is 18.2 Å². The van der Waals surface area contributed by atoms with Crippen LogP contribution in [-0.4, -0.2) is 55.1 Å². The van der Waals surface area contributed by atoms with Crippen LogP contribution in [0.1, 0.15) is 6.92 Å². The Balaban J connectivity index is 0.00000264. The third-order valence-electron chi connectivity index (χ3n) is 3.74. The maximum atomic E-state index is 12.3. The summed E-state index contributed by atoms with van der Waals surface area (Å²) < 4.78 is 4.98. The van der Waals surface area contributed by atoms with Crippen molar-refractivity contribution < 1.29 is 14.5 Å². The van der Waals surface area contributed by atoms with Crippen LogP contribution in [0.5, 0.6) is 5.75 Å². The molecule has 0 radical (unpaired) electrons. The number of nitro benzene ring substituents is 1. The molecule has 10 heteroatoms. The van der Waals surface area contributed by atoms with Gasteiger partial charge in [-0.05, 0) is 19.1 Å². The molecule has 0 spiro atoms. The number of hydrogen-bond acceptors (Lipinski definition) is 6. The predicted octanol–water partition coefficient (Wildman–Crippen LogP) is 1.68. The largest absolute Gasteiger partial charge is 0.496 e. The van der Waals surface area contributed by atoms with Gasteiger partial charge >= 0.3 is 0 Å². The van der Waals surface area contributed by atoms with E-state index in [0.29, 0.717) is 5.75 Å². The van der Waals surface area contributed by atoms with Gasteiger partial charge in [0.15, 0.2) is 0 Å². The van der Waals surface area contributed by atoms with Crippen molar-refractivity contribution in [1.29, 1.82) is 0 Å². The molecule has 1 saturated heterocycles. The Kier molecular flexibility index (Phi) is 9.60. The lowest BCUT2D eigenvalue weighted by Gasteiger charge is -2.31. The van der Waals surface area contributed by atoms with Crippen LogP contribution in [0.3, 0.4) is 0 Å². The third kappa shape index (κ3) is 5.48. The number of hydrogen-bond donors (Lipinski definition) is 2. The van der Waals surface area contributed by atoms with Gasteiger partial charge in [0.05, 0.1) is 24.1 Å². The fourth-order valence-corrected chi connectivity index (χ4v) is 2.37. The summed E-state index contributed by atoms with van der Waals surface area (Å²) in [5, 5.41) is 17.0. The molecule has 1 aromatic carbocycles. The van der Waals surface area contributed by atoms with Crippen molar-refractivity contribution >= 4 is 42.1 Å². The molecule has 0 saturated carbocycles. The highest BCUT2D eigenvalue weighted by molar-refractivity contribution is 5.96. The Labute approximate surface area is 152 Å². The fraction of sp³-hybridized carbons (Fsp3) is 0.500. The summed E-state index contributed by atoms with van der Waals surface area (Å²) >= 11 is 0. The molecule has 1 aliphatic heterocycles. The van der Waals surface area contributed by atoms with Crippen LogP contribution < -0.4 is 15.4 Å². The van der Waals surface area contributed by atoms with E-state index in [1.54, 1.807) is 13.0 Å². The van der Waals surface area contributed by atoms with Gasteiger partial charge in [0.2, 0.25) is 5.91 Å². The number of anilines is 1. The molecule has 1 aliphatic rings. The number of methoxy groups -OCH3 is 1. The van der Waals surface area contributed by atoms with Gasteiger partial charge < -0.3 is 15.4 Å². The van der Waals surface area contributed by atoms with Gasteiger partial charge in [-0.2, -0.15) is 0 Å². The van der Waals surface area contributed by atoms with Crippen LogP contribution in [0.2, 0.25) is 0 Å². The first-order valence-electron chi connectivity index (χ1n) is 7.11. The number of ether oxygens (including phenoxy) is 1. The normalized spacial score (nSPS) is 15.4. The minimum Gasteiger partial charge on any atom is -0.496 e. The molecule has 1 aromatic rings. The molecule has 1 amide bonds. The van der Waals surface area contributed by atoms with Crippen molar-refractivity contribution in [2.24, 2.45) is 0 Å². The average molecular weight is 381 g/mol.